The number of nitrogens with zero attached hydrogens (tertiary/aromatic N) is 1. The molecule has 0 bridgehead atoms. The van der Waals surface area contributed by atoms with E-state index in [1.54, 1.807) is 0 Å². The number of nitrogens with one attached hydrogen (secondary N) is 1. The van der Waals surface area contributed by atoms with Gasteiger partial charge in [0.15, 0.2) is 0 Å². The van der Waals surface area contributed by atoms with Gasteiger partial charge in [-0.3, -0.25) is 5.41 Å². The lowest BCUT2D eigenvalue weighted by Crippen LogP contribution is -2.10. The molecule has 260 valence electrons. The van der Waals surface area contributed by atoms with Gasteiger partial charge in [-0.2, -0.15) is 0 Å². The topological polar surface area (TPSA) is 54.8 Å². The third-order valence-corrected chi connectivity index (χ3v) is 10.2. The standard InChI is InChI=1S/C37H25N.C7H8N2.C7H8/c1-24-28-11-4-5-13-30(28)31-14-6-7-15-32(31)36(24)26-18-21-27(22-19-26)38-34-17-9-8-16-33(34)37-29-12-3-2-10-25(29)20-23-35(37)38;8-7(9)6-4-2-1-3-5-6;1-7-5-3-2-4-6-7/h2-23H,1H3;1-5H,(H3,8,9);2-6H,1H3. The molecule has 54 heavy (non-hydrogen) atoms. The second-order valence-corrected chi connectivity index (χ2v) is 13.6. The van der Waals surface area contributed by atoms with E-state index < -0.39 is 0 Å². The summed E-state index contributed by atoms with van der Waals surface area (Å²) in [4.78, 5) is 0. The maximum Gasteiger partial charge on any atom is 0.122 e. The zero-order valence-corrected chi connectivity index (χ0v) is 30.5. The fourth-order valence-electron chi connectivity index (χ4n) is 7.64. The minimum Gasteiger partial charge on any atom is -0.384 e. The highest BCUT2D eigenvalue weighted by atomic mass is 15.0. The van der Waals surface area contributed by atoms with Crippen molar-refractivity contribution in [2.24, 2.45) is 5.73 Å². The van der Waals surface area contributed by atoms with Crippen LogP contribution in [0, 0.1) is 19.3 Å². The summed E-state index contributed by atoms with van der Waals surface area (Å²) >= 11 is 0. The highest BCUT2D eigenvalue weighted by Crippen LogP contribution is 2.40. The van der Waals surface area contributed by atoms with Crippen LogP contribution in [0.3, 0.4) is 0 Å². The monoisotopic (exact) mass is 695 g/mol. The van der Waals surface area contributed by atoms with Gasteiger partial charge in [-0.1, -0.05) is 175 Å². The third kappa shape index (κ3) is 6.48. The first-order chi connectivity index (χ1) is 26.5. The maximum absolute atomic E-state index is 7.01. The normalized spacial score (nSPS) is 10.9. The van der Waals surface area contributed by atoms with Gasteiger partial charge in [0.1, 0.15) is 5.84 Å². The Morgan fingerprint density at radius 1 is 0.444 bits per heavy atom. The second kappa shape index (κ2) is 14.9. The van der Waals surface area contributed by atoms with Crippen LogP contribution in [0.5, 0.6) is 0 Å². The van der Waals surface area contributed by atoms with Crippen LogP contribution in [0.4, 0.5) is 0 Å². The number of para-hydroxylation sites is 1. The Bertz CT molecular complexity index is 2900. The summed E-state index contributed by atoms with van der Waals surface area (Å²) in [6, 6.07) is 68.2. The van der Waals surface area contributed by atoms with Gasteiger partial charge < -0.3 is 10.3 Å². The lowest BCUT2D eigenvalue weighted by atomic mass is 9.89. The van der Waals surface area contributed by atoms with E-state index in [4.69, 9.17) is 11.1 Å². The van der Waals surface area contributed by atoms with Crippen molar-refractivity contribution >= 4 is 60.0 Å². The van der Waals surface area contributed by atoms with Crippen molar-refractivity contribution in [3.63, 3.8) is 0 Å². The lowest BCUT2D eigenvalue weighted by molar-refractivity contribution is 1.18. The van der Waals surface area contributed by atoms with Crippen LogP contribution < -0.4 is 5.73 Å². The third-order valence-electron chi connectivity index (χ3n) is 10.2. The number of hydrogen-bond donors (Lipinski definition) is 2. The van der Waals surface area contributed by atoms with E-state index in [0.717, 1.165) is 5.56 Å². The minimum atomic E-state index is 0.121. The molecule has 9 aromatic carbocycles. The van der Waals surface area contributed by atoms with E-state index in [1.165, 1.54) is 82.1 Å². The van der Waals surface area contributed by atoms with Crippen LogP contribution in [0.25, 0.3) is 70.9 Å². The number of nitrogen functional groups attached to an aromatic ring is 1. The maximum atomic E-state index is 7.01. The zero-order chi connectivity index (χ0) is 37.0. The molecule has 10 rings (SSSR count). The quantitative estimate of drug-likeness (QED) is 0.108. The van der Waals surface area contributed by atoms with Crippen LogP contribution in [0.2, 0.25) is 0 Å². The van der Waals surface area contributed by atoms with Crippen molar-refractivity contribution in [2.75, 3.05) is 0 Å². The van der Waals surface area contributed by atoms with Crippen molar-refractivity contribution in [1.29, 1.82) is 5.41 Å². The van der Waals surface area contributed by atoms with Gasteiger partial charge >= 0.3 is 0 Å². The fourth-order valence-corrected chi connectivity index (χ4v) is 7.64. The predicted molar refractivity (Wildman–Crippen MR) is 232 cm³/mol. The molecule has 10 aromatic rings. The number of fused-ring (bicyclic) bond motifs is 8. The number of aryl methyl sites for hydroxylation is 2. The molecule has 3 N–H and O–H groups in total. The summed E-state index contributed by atoms with van der Waals surface area (Å²) < 4.78 is 2.41. The van der Waals surface area contributed by atoms with Crippen LogP contribution in [0.1, 0.15) is 16.7 Å². The van der Waals surface area contributed by atoms with E-state index in [9.17, 15) is 0 Å². The molecule has 0 aliphatic heterocycles. The van der Waals surface area contributed by atoms with Gasteiger partial charge in [-0.25, -0.2) is 0 Å². The van der Waals surface area contributed by atoms with E-state index >= 15 is 0 Å². The first-order valence-corrected chi connectivity index (χ1v) is 18.3. The average Bonchev–Trinajstić information content (AvgIpc) is 3.57. The van der Waals surface area contributed by atoms with E-state index in [1.807, 2.05) is 48.5 Å². The van der Waals surface area contributed by atoms with Gasteiger partial charge in [-0.05, 0) is 87.1 Å². The summed E-state index contributed by atoms with van der Waals surface area (Å²) in [7, 11) is 0. The van der Waals surface area contributed by atoms with Gasteiger partial charge in [0, 0.05) is 22.0 Å². The number of benzene rings is 9. The van der Waals surface area contributed by atoms with E-state index in [-0.39, 0.29) is 5.84 Å². The SMILES string of the molecule is Cc1c(-c2ccc(-n3c4ccccc4c4c5ccccc5ccc43)cc2)c2ccccc2c2ccccc12.Cc1ccccc1.N=C(N)c1ccccc1. The van der Waals surface area contributed by atoms with Gasteiger partial charge in [0.05, 0.1) is 11.0 Å². The molecule has 0 saturated heterocycles. The van der Waals surface area contributed by atoms with Crippen molar-refractivity contribution in [3.8, 4) is 16.8 Å². The van der Waals surface area contributed by atoms with E-state index in [2.05, 4.69) is 164 Å². The van der Waals surface area contributed by atoms with E-state index in [0.29, 0.717) is 0 Å². The van der Waals surface area contributed by atoms with Crippen LogP contribution >= 0.6 is 0 Å². The number of hydrogen-bond acceptors (Lipinski definition) is 1. The Balaban J connectivity index is 0.000000214. The van der Waals surface area contributed by atoms with Crippen molar-refractivity contribution < 1.29 is 0 Å². The molecule has 0 aliphatic rings. The lowest BCUT2D eigenvalue weighted by Gasteiger charge is -2.16. The van der Waals surface area contributed by atoms with Gasteiger partial charge in [-0.15, -0.1) is 0 Å². The summed E-state index contributed by atoms with van der Waals surface area (Å²) in [5, 5.41) is 17.4. The Labute approximate surface area is 316 Å². The first-order valence-electron chi connectivity index (χ1n) is 18.3. The molecular weight excluding hydrogens is 655 g/mol. The largest absolute Gasteiger partial charge is 0.384 e. The van der Waals surface area contributed by atoms with Crippen molar-refractivity contribution in [3.05, 3.63) is 211 Å². The smallest absolute Gasteiger partial charge is 0.122 e. The number of rotatable bonds is 3. The summed E-state index contributed by atoms with van der Waals surface area (Å²) in [5.74, 6) is 0.121. The van der Waals surface area contributed by atoms with Crippen LogP contribution in [-0.4, -0.2) is 10.4 Å². The molecule has 0 spiro atoms. The Morgan fingerprint density at radius 2 is 0.963 bits per heavy atom. The minimum absolute atomic E-state index is 0.121. The molecule has 0 unspecified atom stereocenters. The second-order valence-electron chi connectivity index (χ2n) is 13.6. The molecule has 1 aromatic heterocycles. The molecule has 3 heteroatoms. The summed E-state index contributed by atoms with van der Waals surface area (Å²) in [6.45, 7) is 4.34. The molecule has 0 fully saturated rings. The van der Waals surface area contributed by atoms with Gasteiger partial charge in [0.2, 0.25) is 0 Å². The molecule has 0 saturated carbocycles. The molecule has 3 nitrogen and oxygen atoms in total. The average molecular weight is 696 g/mol. The summed E-state index contributed by atoms with van der Waals surface area (Å²) in [5.41, 5.74) is 14.8. The molecule has 0 radical (unpaired) electrons. The van der Waals surface area contributed by atoms with Crippen molar-refractivity contribution in [2.45, 2.75) is 13.8 Å². The number of amidine groups is 1. The van der Waals surface area contributed by atoms with Gasteiger partial charge in [0.25, 0.3) is 0 Å². The first kappa shape index (κ1) is 34.1. The molecule has 1 heterocycles. The van der Waals surface area contributed by atoms with Crippen LogP contribution in [0.15, 0.2) is 194 Å². The molecule has 0 amide bonds. The Hall–Kier alpha value is -6.97. The molecule has 0 aliphatic carbocycles. The Morgan fingerprint density at radius 3 is 1.57 bits per heavy atom. The fraction of sp³-hybridized carbons (Fsp3) is 0.0392. The number of nitrogens with two attached hydrogens (primary N) is 1. The Kier molecular flexibility index (Phi) is 9.45. The van der Waals surface area contributed by atoms with Crippen molar-refractivity contribution in [1.82, 2.24) is 4.57 Å². The summed E-state index contributed by atoms with van der Waals surface area (Å²) in [6.07, 6.45) is 0. The van der Waals surface area contributed by atoms with Crippen LogP contribution in [-0.2, 0) is 0 Å². The highest BCUT2D eigenvalue weighted by Gasteiger charge is 2.16. The highest BCUT2D eigenvalue weighted by molar-refractivity contribution is 6.21. The molecule has 0 atom stereocenters. The molecular formula is C51H41N3. The predicted octanol–water partition coefficient (Wildman–Crippen LogP) is 13.2. The zero-order valence-electron chi connectivity index (χ0n) is 30.5. The number of aromatic nitrogens is 1.